The SMILES string of the molecule is C[C@H](CNC(=O)Cn1cc([N+](=O)[O-])cn1)N1CCc2ccccc21. The molecular formula is C16H19N5O3. The van der Waals surface area contributed by atoms with Gasteiger partial charge in [-0.15, -0.1) is 0 Å². The minimum Gasteiger partial charge on any atom is -0.366 e. The van der Waals surface area contributed by atoms with Gasteiger partial charge in [-0.2, -0.15) is 5.10 Å². The summed E-state index contributed by atoms with van der Waals surface area (Å²) < 4.78 is 1.27. The molecule has 0 radical (unpaired) electrons. The maximum Gasteiger partial charge on any atom is 0.307 e. The highest BCUT2D eigenvalue weighted by Gasteiger charge is 2.23. The van der Waals surface area contributed by atoms with Gasteiger partial charge >= 0.3 is 5.69 Å². The van der Waals surface area contributed by atoms with E-state index in [0.29, 0.717) is 6.54 Å². The highest BCUT2D eigenvalue weighted by atomic mass is 16.6. The van der Waals surface area contributed by atoms with Crippen LogP contribution < -0.4 is 10.2 Å². The lowest BCUT2D eigenvalue weighted by molar-refractivity contribution is -0.385. The molecule has 0 fully saturated rings. The summed E-state index contributed by atoms with van der Waals surface area (Å²) in [7, 11) is 0. The quantitative estimate of drug-likeness (QED) is 0.638. The van der Waals surface area contributed by atoms with Gasteiger partial charge in [-0.05, 0) is 25.0 Å². The van der Waals surface area contributed by atoms with E-state index in [1.807, 2.05) is 12.1 Å². The molecule has 0 bridgehead atoms. The van der Waals surface area contributed by atoms with Crippen LogP contribution in [0.15, 0.2) is 36.7 Å². The summed E-state index contributed by atoms with van der Waals surface area (Å²) in [5.41, 5.74) is 2.44. The van der Waals surface area contributed by atoms with Crippen molar-refractivity contribution in [3.63, 3.8) is 0 Å². The second-order valence-corrected chi connectivity index (χ2v) is 5.88. The van der Waals surface area contributed by atoms with Gasteiger partial charge < -0.3 is 10.2 Å². The van der Waals surface area contributed by atoms with Gasteiger partial charge in [0, 0.05) is 24.8 Å². The minimum atomic E-state index is -0.533. The lowest BCUT2D eigenvalue weighted by Crippen LogP contribution is -2.42. The van der Waals surface area contributed by atoms with Gasteiger partial charge in [-0.25, -0.2) is 0 Å². The molecule has 8 nitrogen and oxygen atoms in total. The fourth-order valence-corrected chi connectivity index (χ4v) is 2.93. The maximum absolute atomic E-state index is 12.0. The molecule has 1 aromatic carbocycles. The molecule has 8 heteroatoms. The molecule has 3 rings (SSSR count). The summed E-state index contributed by atoms with van der Waals surface area (Å²) in [6, 6.07) is 8.46. The number of amides is 1. The number of fused-ring (bicyclic) bond motifs is 1. The molecule has 126 valence electrons. The minimum absolute atomic E-state index is 0.0306. The van der Waals surface area contributed by atoms with Crippen molar-refractivity contribution < 1.29 is 9.72 Å². The van der Waals surface area contributed by atoms with Crippen molar-refractivity contribution in [1.29, 1.82) is 0 Å². The van der Waals surface area contributed by atoms with Crippen molar-refractivity contribution in [2.75, 3.05) is 18.0 Å². The Hall–Kier alpha value is -2.90. The number of benzene rings is 1. The molecule has 0 saturated heterocycles. The Kier molecular flexibility index (Phi) is 4.45. The Morgan fingerprint density at radius 1 is 1.46 bits per heavy atom. The average molecular weight is 329 g/mol. The number of aromatic nitrogens is 2. The Morgan fingerprint density at radius 3 is 3.00 bits per heavy atom. The number of hydrogen-bond donors (Lipinski definition) is 1. The number of hydrogen-bond acceptors (Lipinski definition) is 5. The zero-order chi connectivity index (χ0) is 17.1. The molecule has 0 saturated carbocycles. The summed E-state index contributed by atoms with van der Waals surface area (Å²) in [6.45, 7) is 3.50. The molecule has 2 heterocycles. The lowest BCUT2D eigenvalue weighted by atomic mass is 10.2. The van der Waals surface area contributed by atoms with Gasteiger partial charge in [-0.1, -0.05) is 18.2 Å². The maximum atomic E-state index is 12.0. The van der Waals surface area contributed by atoms with Crippen molar-refractivity contribution in [3.8, 4) is 0 Å². The standard InChI is InChI=1S/C16H19N5O3/c1-12(20-7-6-13-4-2-3-5-15(13)20)8-17-16(22)11-19-10-14(9-18-19)21(23)24/h2-5,9-10,12H,6-8,11H2,1H3,(H,17,22)/t12-/m1/s1. The molecule has 1 N–H and O–H groups in total. The molecule has 1 aliphatic rings. The average Bonchev–Trinajstić information content (AvgIpc) is 3.19. The monoisotopic (exact) mass is 329 g/mol. The van der Waals surface area contributed by atoms with Gasteiger partial charge in [0.2, 0.25) is 5.91 Å². The number of para-hydroxylation sites is 1. The van der Waals surface area contributed by atoms with Gasteiger partial charge in [0.1, 0.15) is 18.9 Å². The summed E-state index contributed by atoms with van der Waals surface area (Å²) in [5, 5.41) is 17.3. The van der Waals surface area contributed by atoms with Crippen LogP contribution in [-0.2, 0) is 17.8 Å². The molecular weight excluding hydrogens is 310 g/mol. The van der Waals surface area contributed by atoms with Crippen LogP contribution in [0.1, 0.15) is 12.5 Å². The first-order chi connectivity index (χ1) is 11.5. The van der Waals surface area contributed by atoms with Crippen LogP contribution >= 0.6 is 0 Å². The van der Waals surface area contributed by atoms with Crippen LogP contribution in [0.2, 0.25) is 0 Å². The number of nitrogens with one attached hydrogen (secondary N) is 1. The third kappa shape index (κ3) is 3.37. The van der Waals surface area contributed by atoms with E-state index in [1.54, 1.807) is 0 Å². The van der Waals surface area contributed by atoms with Crippen molar-refractivity contribution in [2.45, 2.75) is 25.9 Å². The Morgan fingerprint density at radius 2 is 2.25 bits per heavy atom. The van der Waals surface area contributed by atoms with Crippen molar-refractivity contribution in [3.05, 3.63) is 52.3 Å². The Labute approximate surface area is 139 Å². The van der Waals surface area contributed by atoms with Gasteiger partial charge in [0.25, 0.3) is 0 Å². The molecule has 0 spiro atoms. The van der Waals surface area contributed by atoms with Gasteiger partial charge in [-0.3, -0.25) is 19.6 Å². The van der Waals surface area contributed by atoms with Crippen LogP contribution in [0, 0.1) is 10.1 Å². The van der Waals surface area contributed by atoms with E-state index < -0.39 is 4.92 Å². The summed E-state index contributed by atoms with van der Waals surface area (Å²) in [4.78, 5) is 24.4. The molecule has 2 aromatic rings. The number of carbonyl (C=O) groups is 1. The highest BCUT2D eigenvalue weighted by Crippen LogP contribution is 2.28. The molecule has 1 amide bonds. The van der Waals surface area contributed by atoms with Crippen molar-refractivity contribution in [1.82, 2.24) is 15.1 Å². The smallest absolute Gasteiger partial charge is 0.307 e. The van der Waals surface area contributed by atoms with Crippen molar-refractivity contribution in [2.24, 2.45) is 0 Å². The number of nitro groups is 1. The highest BCUT2D eigenvalue weighted by molar-refractivity contribution is 5.75. The fourth-order valence-electron chi connectivity index (χ4n) is 2.93. The summed E-state index contributed by atoms with van der Waals surface area (Å²) >= 11 is 0. The number of anilines is 1. The summed E-state index contributed by atoms with van der Waals surface area (Å²) in [5.74, 6) is -0.215. The number of carbonyl (C=O) groups excluding carboxylic acids is 1. The van der Waals surface area contributed by atoms with Crippen molar-refractivity contribution >= 4 is 17.3 Å². The fraction of sp³-hybridized carbons (Fsp3) is 0.375. The third-order valence-electron chi connectivity index (χ3n) is 4.19. The number of nitrogens with zero attached hydrogens (tertiary/aromatic N) is 4. The first-order valence-electron chi connectivity index (χ1n) is 7.82. The van der Waals surface area contributed by atoms with E-state index in [0.717, 1.165) is 19.2 Å². The van der Waals surface area contributed by atoms with Crippen LogP contribution in [0.5, 0.6) is 0 Å². The predicted molar refractivity (Wildman–Crippen MR) is 88.8 cm³/mol. The van der Waals surface area contributed by atoms with Crippen LogP contribution in [0.4, 0.5) is 11.4 Å². The summed E-state index contributed by atoms with van der Waals surface area (Å²) in [6.07, 6.45) is 3.40. The first kappa shape index (κ1) is 16.0. The Bertz CT molecular complexity index is 758. The lowest BCUT2D eigenvalue weighted by Gasteiger charge is -2.27. The zero-order valence-corrected chi connectivity index (χ0v) is 13.4. The van der Waals surface area contributed by atoms with E-state index in [-0.39, 0.29) is 24.2 Å². The van der Waals surface area contributed by atoms with E-state index in [1.165, 1.54) is 22.1 Å². The van der Waals surface area contributed by atoms with Crippen LogP contribution in [0.3, 0.4) is 0 Å². The largest absolute Gasteiger partial charge is 0.366 e. The molecule has 24 heavy (non-hydrogen) atoms. The Balaban J connectivity index is 1.52. The number of rotatable bonds is 6. The van der Waals surface area contributed by atoms with E-state index in [9.17, 15) is 14.9 Å². The third-order valence-corrected chi connectivity index (χ3v) is 4.19. The molecule has 1 aromatic heterocycles. The van der Waals surface area contributed by atoms with Crippen LogP contribution in [0.25, 0.3) is 0 Å². The normalized spacial score (nSPS) is 14.3. The van der Waals surface area contributed by atoms with Gasteiger partial charge in [0.05, 0.1) is 4.92 Å². The van der Waals surface area contributed by atoms with E-state index in [4.69, 9.17) is 0 Å². The predicted octanol–water partition coefficient (Wildman–Crippen LogP) is 1.36. The van der Waals surface area contributed by atoms with Gasteiger partial charge in [0.15, 0.2) is 0 Å². The zero-order valence-electron chi connectivity index (χ0n) is 13.4. The van der Waals surface area contributed by atoms with E-state index in [2.05, 4.69) is 34.4 Å². The molecule has 1 atom stereocenters. The molecule has 0 unspecified atom stereocenters. The molecule has 0 aliphatic carbocycles. The molecule has 1 aliphatic heterocycles. The second kappa shape index (κ2) is 6.69. The van der Waals surface area contributed by atoms with Crippen LogP contribution in [-0.4, -0.2) is 39.7 Å². The first-order valence-corrected chi connectivity index (χ1v) is 7.82. The van der Waals surface area contributed by atoms with E-state index >= 15 is 0 Å². The second-order valence-electron chi connectivity index (χ2n) is 5.88. The topological polar surface area (TPSA) is 93.3 Å².